The van der Waals surface area contributed by atoms with Gasteiger partial charge in [-0.1, -0.05) is 17.7 Å². The molecule has 0 spiro atoms. The smallest absolute Gasteiger partial charge is 0.339 e. The maximum Gasteiger partial charge on any atom is 0.339 e. The fourth-order valence-electron chi connectivity index (χ4n) is 1.55. The van der Waals surface area contributed by atoms with E-state index < -0.39 is 17.6 Å². The summed E-state index contributed by atoms with van der Waals surface area (Å²) in [6.07, 6.45) is 0. The molecule has 0 aliphatic rings. The van der Waals surface area contributed by atoms with Crippen molar-refractivity contribution in [2.75, 3.05) is 5.73 Å². The highest BCUT2D eigenvalue weighted by Gasteiger charge is 2.12. The molecule has 0 aromatic heterocycles. The van der Waals surface area contributed by atoms with Crippen LogP contribution < -0.4 is 5.73 Å². The molecule has 0 aliphatic carbocycles. The molecule has 2 rings (SSSR count). The van der Waals surface area contributed by atoms with E-state index in [0.717, 1.165) is 12.1 Å². The Bertz CT molecular complexity index is 662. The second-order valence-corrected chi connectivity index (χ2v) is 4.47. The number of carbonyl (C=O) groups is 1. The highest BCUT2D eigenvalue weighted by molar-refractivity contribution is 6.33. The van der Waals surface area contributed by atoms with Crippen molar-refractivity contribution in [1.82, 2.24) is 0 Å². The molecule has 3 nitrogen and oxygen atoms in total. The predicted octanol–water partition coefficient (Wildman–Crippen LogP) is 3.56. The topological polar surface area (TPSA) is 52.3 Å². The van der Waals surface area contributed by atoms with E-state index in [1.165, 1.54) is 24.3 Å². The number of carbonyl (C=O) groups excluding carboxylic acids is 1. The van der Waals surface area contributed by atoms with E-state index in [0.29, 0.717) is 11.3 Å². The van der Waals surface area contributed by atoms with Crippen LogP contribution in [0.3, 0.4) is 0 Å². The Balaban J connectivity index is 2.06. The molecule has 2 N–H and O–H groups in total. The van der Waals surface area contributed by atoms with Gasteiger partial charge in [-0.15, -0.1) is 0 Å². The zero-order chi connectivity index (χ0) is 14.7. The highest BCUT2D eigenvalue weighted by Crippen LogP contribution is 2.20. The van der Waals surface area contributed by atoms with Gasteiger partial charge < -0.3 is 10.5 Å². The van der Waals surface area contributed by atoms with Gasteiger partial charge in [-0.25, -0.2) is 13.6 Å². The normalized spacial score (nSPS) is 10.3. The van der Waals surface area contributed by atoms with Crippen molar-refractivity contribution < 1.29 is 18.3 Å². The minimum Gasteiger partial charge on any atom is -0.457 e. The molecule has 20 heavy (non-hydrogen) atoms. The first-order valence-corrected chi connectivity index (χ1v) is 6.01. The van der Waals surface area contributed by atoms with Crippen molar-refractivity contribution in [3.05, 3.63) is 64.2 Å². The first-order chi connectivity index (χ1) is 9.47. The van der Waals surface area contributed by atoms with Crippen molar-refractivity contribution in [3.8, 4) is 0 Å². The van der Waals surface area contributed by atoms with Crippen molar-refractivity contribution in [3.63, 3.8) is 0 Å². The number of ether oxygens (including phenoxy) is 1. The average Bonchev–Trinajstić information content (AvgIpc) is 2.40. The second kappa shape index (κ2) is 5.88. The Labute approximate surface area is 118 Å². The largest absolute Gasteiger partial charge is 0.457 e. The standard InChI is InChI=1S/C14H10ClF2NO2/c15-11-6-9(18)2-3-10(11)14(19)20-7-8-1-4-12(16)13(17)5-8/h1-6H,7,18H2. The Morgan fingerprint density at radius 2 is 1.90 bits per heavy atom. The van der Waals surface area contributed by atoms with Gasteiger partial charge in [0.25, 0.3) is 0 Å². The third-order valence-electron chi connectivity index (χ3n) is 2.57. The summed E-state index contributed by atoms with van der Waals surface area (Å²) in [5, 5.41) is 0.167. The number of halogens is 3. The zero-order valence-corrected chi connectivity index (χ0v) is 11.0. The van der Waals surface area contributed by atoms with E-state index in [1.54, 1.807) is 0 Å². The van der Waals surface area contributed by atoms with Gasteiger partial charge in [-0.05, 0) is 35.9 Å². The summed E-state index contributed by atoms with van der Waals surface area (Å²) < 4.78 is 30.7. The van der Waals surface area contributed by atoms with Gasteiger partial charge in [-0.3, -0.25) is 0 Å². The first kappa shape index (κ1) is 14.3. The summed E-state index contributed by atoms with van der Waals surface area (Å²) in [5.41, 5.74) is 6.43. The summed E-state index contributed by atoms with van der Waals surface area (Å²) in [7, 11) is 0. The maximum absolute atomic E-state index is 13.0. The van der Waals surface area contributed by atoms with Gasteiger partial charge in [0.05, 0.1) is 10.6 Å². The fourth-order valence-corrected chi connectivity index (χ4v) is 1.82. The van der Waals surface area contributed by atoms with Crippen LogP contribution in [0, 0.1) is 11.6 Å². The van der Waals surface area contributed by atoms with Crippen LogP contribution in [0.4, 0.5) is 14.5 Å². The monoisotopic (exact) mass is 297 g/mol. The number of benzene rings is 2. The number of hydrogen-bond acceptors (Lipinski definition) is 3. The van der Waals surface area contributed by atoms with Gasteiger partial charge in [0.15, 0.2) is 11.6 Å². The Kier molecular flexibility index (Phi) is 4.20. The van der Waals surface area contributed by atoms with E-state index >= 15 is 0 Å². The van der Waals surface area contributed by atoms with Crippen molar-refractivity contribution >= 4 is 23.3 Å². The van der Waals surface area contributed by atoms with Gasteiger partial charge in [0.1, 0.15) is 6.61 Å². The SMILES string of the molecule is Nc1ccc(C(=O)OCc2ccc(F)c(F)c2)c(Cl)c1. The molecule has 2 aromatic rings. The number of esters is 1. The Hall–Kier alpha value is -2.14. The Morgan fingerprint density at radius 1 is 1.15 bits per heavy atom. The quantitative estimate of drug-likeness (QED) is 0.696. The number of rotatable bonds is 3. The minimum absolute atomic E-state index is 0.156. The van der Waals surface area contributed by atoms with E-state index in [-0.39, 0.29) is 17.2 Å². The van der Waals surface area contributed by atoms with E-state index in [9.17, 15) is 13.6 Å². The van der Waals surface area contributed by atoms with Crippen LogP contribution in [0.2, 0.25) is 5.02 Å². The van der Waals surface area contributed by atoms with Gasteiger partial charge >= 0.3 is 5.97 Å². The second-order valence-electron chi connectivity index (χ2n) is 4.06. The molecule has 0 unspecified atom stereocenters. The van der Waals surface area contributed by atoms with Crippen LogP contribution in [-0.2, 0) is 11.3 Å². The third-order valence-corrected chi connectivity index (χ3v) is 2.88. The lowest BCUT2D eigenvalue weighted by atomic mass is 10.2. The lowest BCUT2D eigenvalue weighted by molar-refractivity contribution is 0.0472. The van der Waals surface area contributed by atoms with E-state index in [4.69, 9.17) is 22.1 Å². The van der Waals surface area contributed by atoms with Crippen LogP contribution in [0.15, 0.2) is 36.4 Å². The molecule has 0 atom stereocenters. The summed E-state index contributed by atoms with van der Waals surface area (Å²) in [6.45, 7) is -0.184. The van der Waals surface area contributed by atoms with Crippen molar-refractivity contribution in [2.45, 2.75) is 6.61 Å². The molecule has 0 aliphatic heterocycles. The van der Waals surface area contributed by atoms with E-state index in [1.807, 2.05) is 0 Å². The third kappa shape index (κ3) is 3.24. The Morgan fingerprint density at radius 3 is 2.55 bits per heavy atom. The fraction of sp³-hybridized carbons (Fsp3) is 0.0714. The lowest BCUT2D eigenvalue weighted by Crippen LogP contribution is -2.06. The molecule has 0 bridgehead atoms. The summed E-state index contributed by atoms with van der Waals surface area (Å²) >= 11 is 5.86. The summed E-state index contributed by atoms with van der Waals surface area (Å²) in [4.78, 5) is 11.8. The van der Waals surface area contributed by atoms with Crippen molar-refractivity contribution in [1.29, 1.82) is 0 Å². The van der Waals surface area contributed by atoms with Crippen molar-refractivity contribution in [2.24, 2.45) is 0 Å². The molecule has 6 heteroatoms. The lowest BCUT2D eigenvalue weighted by Gasteiger charge is -2.07. The number of hydrogen-bond donors (Lipinski definition) is 1. The highest BCUT2D eigenvalue weighted by atomic mass is 35.5. The molecule has 2 aromatic carbocycles. The molecule has 0 fully saturated rings. The zero-order valence-electron chi connectivity index (χ0n) is 10.2. The van der Waals surface area contributed by atoms with E-state index in [2.05, 4.69) is 0 Å². The molecular weight excluding hydrogens is 288 g/mol. The molecule has 0 saturated carbocycles. The number of nitrogen functional groups attached to an aromatic ring is 1. The van der Waals surface area contributed by atoms with Crippen LogP contribution >= 0.6 is 11.6 Å². The van der Waals surface area contributed by atoms with Crippen LogP contribution in [-0.4, -0.2) is 5.97 Å². The van der Waals surface area contributed by atoms with Crippen LogP contribution in [0.25, 0.3) is 0 Å². The predicted molar refractivity (Wildman–Crippen MR) is 71.3 cm³/mol. The molecule has 0 radical (unpaired) electrons. The average molecular weight is 298 g/mol. The number of anilines is 1. The molecule has 0 amide bonds. The molecular formula is C14H10ClF2NO2. The van der Waals surface area contributed by atoms with Crippen LogP contribution in [0.5, 0.6) is 0 Å². The molecule has 0 saturated heterocycles. The number of nitrogens with two attached hydrogens (primary N) is 1. The molecule has 0 heterocycles. The van der Waals surface area contributed by atoms with Gasteiger partial charge in [0, 0.05) is 5.69 Å². The summed E-state index contributed by atoms with van der Waals surface area (Å²) in [5.74, 6) is -2.62. The minimum atomic E-state index is -0.996. The maximum atomic E-state index is 13.0. The van der Waals surface area contributed by atoms with Gasteiger partial charge in [0.2, 0.25) is 0 Å². The first-order valence-electron chi connectivity index (χ1n) is 5.63. The van der Waals surface area contributed by atoms with Crippen LogP contribution in [0.1, 0.15) is 15.9 Å². The van der Waals surface area contributed by atoms with Gasteiger partial charge in [-0.2, -0.15) is 0 Å². The summed E-state index contributed by atoms with van der Waals surface area (Å²) in [6, 6.07) is 7.64. The molecule has 104 valence electrons.